The molecule has 0 saturated heterocycles. The maximum atomic E-state index is 13.0. The predicted molar refractivity (Wildman–Crippen MR) is 91.1 cm³/mol. The number of methoxy groups -OCH3 is 1. The van der Waals surface area contributed by atoms with Crippen molar-refractivity contribution >= 4 is 17.8 Å². The third kappa shape index (κ3) is 7.32. The molecule has 7 heteroatoms. The second kappa shape index (κ2) is 9.76. The molecule has 0 unspecified atom stereocenters. The number of halogens is 1. The first-order chi connectivity index (χ1) is 11.7. The molecule has 0 heterocycles. The van der Waals surface area contributed by atoms with Gasteiger partial charge in [-0.3, -0.25) is 9.59 Å². The van der Waals surface area contributed by atoms with Crippen molar-refractivity contribution in [3.8, 4) is 0 Å². The van der Waals surface area contributed by atoms with Gasteiger partial charge in [0.25, 0.3) is 0 Å². The average molecular weight is 352 g/mol. The van der Waals surface area contributed by atoms with Gasteiger partial charge < -0.3 is 15.4 Å². The summed E-state index contributed by atoms with van der Waals surface area (Å²) in [6.45, 7) is 5.15. The molecule has 2 N–H and O–H groups in total. The summed E-state index contributed by atoms with van der Waals surface area (Å²) < 4.78 is 17.7. The van der Waals surface area contributed by atoms with E-state index < -0.39 is 24.0 Å². The summed E-state index contributed by atoms with van der Waals surface area (Å²) in [6, 6.07) is 4.00. The number of rotatable bonds is 8. The lowest BCUT2D eigenvalue weighted by atomic mass is 10.0. The van der Waals surface area contributed by atoms with Crippen LogP contribution in [0.4, 0.5) is 4.39 Å². The van der Waals surface area contributed by atoms with Crippen LogP contribution in [0.2, 0.25) is 0 Å². The molecule has 1 aromatic carbocycles. The van der Waals surface area contributed by atoms with Crippen LogP contribution in [0, 0.1) is 11.7 Å². The number of hydrogen-bond acceptors (Lipinski definition) is 4. The molecule has 6 nitrogen and oxygen atoms in total. The van der Waals surface area contributed by atoms with Crippen molar-refractivity contribution in [2.45, 2.75) is 45.7 Å². The van der Waals surface area contributed by atoms with Gasteiger partial charge in [0, 0.05) is 13.3 Å². The fourth-order valence-corrected chi connectivity index (χ4v) is 2.41. The Kier molecular flexibility index (Phi) is 8.04. The zero-order chi connectivity index (χ0) is 19.0. The maximum absolute atomic E-state index is 13.0. The Labute approximate surface area is 147 Å². The van der Waals surface area contributed by atoms with E-state index in [9.17, 15) is 18.8 Å². The number of benzene rings is 1. The van der Waals surface area contributed by atoms with Crippen molar-refractivity contribution < 1.29 is 23.5 Å². The Morgan fingerprint density at radius 1 is 1.08 bits per heavy atom. The number of esters is 1. The zero-order valence-corrected chi connectivity index (χ0v) is 15.0. The second-order valence-corrected chi connectivity index (χ2v) is 6.30. The van der Waals surface area contributed by atoms with Crippen LogP contribution < -0.4 is 10.6 Å². The summed E-state index contributed by atoms with van der Waals surface area (Å²) in [7, 11) is 1.26. The molecular weight excluding hydrogens is 327 g/mol. The molecule has 25 heavy (non-hydrogen) atoms. The van der Waals surface area contributed by atoms with Crippen molar-refractivity contribution in [1.82, 2.24) is 10.6 Å². The fourth-order valence-electron chi connectivity index (χ4n) is 2.41. The molecule has 1 aromatic rings. The number of amides is 2. The Bertz CT molecular complexity index is 602. The van der Waals surface area contributed by atoms with Gasteiger partial charge in [-0.1, -0.05) is 26.0 Å². The predicted octanol–water partition coefficient (Wildman–Crippen LogP) is 1.58. The van der Waals surface area contributed by atoms with Crippen molar-refractivity contribution in [2.24, 2.45) is 5.92 Å². The van der Waals surface area contributed by atoms with E-state index in [-0.39, 0.29) is 24.1 Å². The van der Waals surface area contributed by atoms with Gasteiger partial charge in [-0.05, 0) is 30.0 Å². The molecule has 138 valence electrons. The molecule has 0 bridgehead atoms. The number of hydrogen-bond donors (Lipinski definition) is 2. The van der Waals surface area contributed by atoms with Gasteiger partial charge in [-0.2, -0.15) is 0 Å². The second-order valence-electron chi connectivity index (χ2n) is 6.30. The first-order valence-corrected chi connectivity index (χ1v) is 8.12. The summed E-state index contributed by atoms with van der Waals surface area (Å²) in [6.07, 6.45) is 0.600. The van der Waals surface area contributed by atoms with Crippen LogP contribution in [0.25, 0.3) is 0 Å². The summed E-state index contributed by atoms with van der Waals surface area (Å²) in [4.78, 5) is 35.8. The van der Waals surface area contributed by atoms with Crippen LogP contribution in [0.1, 0.15) is 32.8 Å². The Balaban J connectivity index is 2.88. The van der Waals surface area contributed by atoms with Gasteiger partial charge in [0.1, 0.15) is 17.9 Å². The van der Waals surface area contributed by atoms with Crippen LogP contribution in [0.3, 0.4) is 0 Å². The Hall–Kier alpha value is -2.44. The third-order valence-electron chi connectivity index (χ3n) is 3.56. The molecule has 0 saturated carbocycles. The van der Waals surface area contributed by atoms with Gasteiger partial charge >= 0.3 is 5.97 Å². The molecule has 0 aliphatic carbocycles. The van der Waals surface area contributed by atoms with Crippen molar-refractivity contribution in [1.29, 1.82) is 0 Å². The van der Waals surface area contributed by atoms with E-state index in [1.807, 2.05) is 13.8 Å². The molecule has 0 aliphatic rings. The third-order valence-corrected chi connectivity index (χ3v) is 3.56. The summed E-state index contributed by atoms with van der Waals surface area (Å²) in [5.74, 6) is -1.62. The highest BCUT2D eigenvalue weighted by atomic mass is 19.1. The monoisotopic (exact) mass is 352 g/mol. The largest absolute Gasteiger partial charge is 0.467 e. The fraction of sp³-hybridized carbons (Fsp3) is 0.500. The number of ether oxygens (including phenoxy) is 1. The van der Waals surface area contributed by atoms with E-state index in [0.717, 1.165) is 0 Å². The van der Waals surface area contributed by atoms with E-state index >= 15 is 0 Å². The van der Waals surface area contributed by atoms with Gasteiger partial charge in [0.2, 0.25) is 11.8 Å². The minimum Gasteiger partial charge on any atom is -0.467 e. The van der Waals surface area contributed by atoms with Crippen molar-refractivity contribution in [2.75, 3.05) is 7.11 Å². The highest BCUT2D eigenvalue weighted by Gasteiger charge is 2.27. The van der Waals surface area contributed by atoms with E-state index in [4.69, 9.17) is 4.74 Å². The van der Waals surface area contributed by atoms with E-state index in [1.165, 1.54) is 26.2 Å². The minimum atomic E-state index is -0.873. The van der Waals surface area contributed by atoms with E-state index in [0.29, 0.717) is 12.0 Å². The first-order valence-electron chi connectivity index (χ1n) is 8.12. The normalized spacial score (nSPS) is 13.0. The lowest BCUT2D eigenvalue weighted by Crippen LogP contribution is -2.52. The van der Waals surface area contributed by atoms with Crippen molar-refractivity contribution in [3.63, 3.8) is 0 Å². The smallest absolute Gasteiger partial charge is 0.328 e. The lowest BCUT2D eigenvalue weighted by molar-refractivity contribution is -0.145. The van der Waals surface area contributed by atoms with Gasteiger partial charge in [0.05, 0.1) is 7.11 Å². The first kappa shape index (κ1) is 20.6. The molecule has 0 spiro atoms. The number of carbonyl (C=O) groups excluding carboxylic acids is 3. The quantitative estimate of drug-likeness (QED) is 0.696. The molecule has 0 aromatic heterocycles. The summed E-state index contributed by atoms with van der Waals surface area (Å²) in [5.41, 5.74) is 0.689. The number of carbonyl (C=O) groups is 3. The molecular formula is C18H25FN2O4. The number of nitrogens with one attached hydrogen (secondary N) is 2. The highest BCUT2D eigenvalue weighted by molar-refractivity contribution is 5.90. The molecule has 0 fully saturated rings. The van der Waals surface area contributed by atoms with Gasteiger partial charge in [0.15, 0.2) is 0 Å². The SMILES string of the molecule is COC(=O)[C@@H](CC(C)C)NC(=O)[C@H](Cc1ccc(F)cc1)NC(C)=O. The summed E-state index contributed by atoms with van der Waals surface area (Å²) in [5, 5.41) is 5.20. The van der Waals surface area contributed by atoms with Gasteiger partial charge in [-0.25, -0.2) is 9.18 Å². The Morgan fingerprint density at radius 2 is 1.68 bits per heavy atom. The van der Waals surface area contributed by atoms with Gasteiger partial charge in [-0.15, -0.1) is 0 Å². The Morgan fingerprint density at radius 3 is 2.16 bits per heavy atom. The maximum Gasteiger partial charge on any atom is 0.328 e. The molecule has 0 radical (unpaired) electrons. The molecule has 0 aliphatic heterocycles. The van der Waals surface area contributed by atoms with Crippen LogP contribution in [-0.4, -0.2) is 37.0 Å². The lowest BCUT2D eigenvalue weighted by Gasteiger charge is -2.23. The standard InChI is InChI=1S/C18H25FN2O4/c1-11(2)9-16(18(24)25-4)21-17(23)15(20-12(3)22)10-13-5-7-14(19)8-6-13/h5-8,11,15-16H,9-10H2,1-4H3,(H,20,22)(H,21,23)/t15-,16+/m0/s1. The van der Waals surface area contributed by atoms with E-state index in [1.54, 1.807) is 12.1 Å². The molecule has 2 amide bonds. The minimum absolute atomic E-state index is 0.167. The highest BCUT2D eigenvalue weighted by Crippen LogP contribution is 2.09. The zero-order valence-electron chi connectivity index (χ0n) is 15.0. The average Bonchev–Trinajstić information content (AvgIpc) is 2.54. The van der Waals surface area contributed by atoms with Crippen LogP contribution >= 0.6 is 0 Å². The molecule has 1 rings (SSSR count). The van der Waals surface area contributed by atoms with Crippen LogP contribution in [-0.2, 0) is 25.5 Å². The van der Waals surface area contributed by atoms with Crippen LogP contribution in [0.15, 0.2) is 24.3 Å². The van der Waals surface area contributed by atoms with E-state index in [2.05, 4.69) is 10.6 Å². The van der Waals surface area contributed by atoms with Crippen LogP contribution in [0.5, 0.6) is 0 Å². The summed E-state index contributed by atoms with van der Waals surface area (Å²) >= 11 is 0. The molecule has 2 atom stereocenters. The van der Waals surface area contributed by atoms with Crippen molar-refractivity contribution in [3.05, 3.63) is 35.6 Å². The topological polar surface area (TPSA) is 84.5 Å².